The van der Waals surface area contributed by atoms with Gasteiger partial charge in [0.1, 0.15) is 5.92 Å². The van der Waals surface area contributed by atoms with E-state index < -0.39 is 5.92 Å². The van der Waals surface area contributed by atoms with Crippen LogP contribution in [-0.2, 0) is 0 Å². The molecule has 0 bridgehead atoms. The summed E-state index contributed by atoms with van der Waals surface area (Å²) in [6.45, 7) is 5.70. The van der Waals surface area contributed by atoms with E-state index in [1.54, 1.807) is 0 Å². The average molecular weight is 280 g/mol. The summed E-state index contributed by atoms with van der Waals surface area (Å²) in [5.41, 5.74) is 1.62. The Hall–Kier alpha value is -1.14. The number of Topliss-reactive ketones (excluding diaryl/α,β-unsaturated/α-hetero) is 1. The third-order valence-electron chi connectivity index (χ3n) is 2.48. The Morgan fingerprint density at radius 1 is 1.44 bits per heavy atom. The third-order valence-corrected chi connectivity index (χ3v) is 3.17. The summed E-state index contributed by atoms with van der Waals surface area (Å²) in [4.78, 5) is 12.1. The SMILES string of the molecule is Cc1ccc(Br)c(C(=O)C(C#N)C(C)C)c1. The van der Waals surface area contributed by atoms with Crippen molar-refractivity contribution in [3.05, 3.63) is 33.8 Å². The van der Waals surface area contributed by atoms with Crippen molar-refractivity contribution in [2.24, 2.45) is 11.8 Å². The van der Waals surface area contributed by atoms with E-state index in [9.17, 15) is 4.79 Å². The highest BCUT2D eigenvalue weighted by molar-refractivity contribution is 9.10. The summed E-state index contributed by atoms with van der Waals surface area (Å²) in [6, 6.07) is 7.67. The van der Waals surface area contributed by atoms with Crippen LogP contribution in [0.1, 0.15) is 29.8 Å². The molecule has 0 spiro atoms. The molecule has 0 fully saturated rings. The zero-order chi connectivity index (χ0) is 12.3. The molecule has 1 atom stereocenters. The lowest BCUT2D eigenvalue weighted by Gasteiger charge is -2.13. The maximum Gasteiger partial charge on any atom is 0.181 e. The Morgan fingerprint density at radius 2 is 2.06 bits per heavy atom. The zero-order valence-corrected chi connectivity index (χ0v) is 11.2. The Morgan fingerprint density at radius 3 is 2.56 bits per heavy atom. The van der Waals surface area contributed by atoms with Crippen molar-refractivity contribution in [3.63, 3.8) is 0 Å². The molecule has 0 aliphatic rings. The molecule has 1 unspecified atom stereocenters. The van der Waals surface area contributed by atoms with Crippen LogP contribution in [0, 0.1) is 30.1 Å². The first-order valence-corrected chi connectivity index (χ1v) is 5.96. The molecule has 84 valence electrons. The van der Waals surface area contributed by atoms with Gasteiger partial charge in [-0.1, -0.05) is 41.4 Å². The molecule has 1 aromatic carbocycles. The molecule has 0 N–H and O–H groups in total. The number of hydrogen-bond acceptors (Lipinski definition) is 2. The second kappa shape index (κ2) is 5.27. The molecule has 0 saturated heterocycles. The van der Waals surface area contributed by atoms with Gasteiger partial charge in [-0.2, -0.15) is 5.26 Å². The Bertz CT molecular complexity index is 446. The van der Waals surface area contributed by atoms with Crippen molar-refractivity contribution in [1.29, 1.82) is 5.26 Å². The van der Waals surface area contributed by atoms with Crippen molar-refractivity contribution >= 4 is 21.7 Å². The minimum atomic E-state index is -0.571. The number of hydrogen-bond donors (Lipinski definition) is 0. The van der Waals surface area contributed by atoms with Gasteiger partial charge in [0.2, 0.25) is 0 Å². The van der Waals surface area contributed by atoms with Crippen LogP contribution in [0.5, 0.6) is 0 Å². The van der Waals surface area contributed by atoms with Gasteiger partial charge in [0, 0.05) is 10.0 Å². The van der Waals surface area contributed by atoms with Gasteiger partial charge in [-0.3, -0.25) is 4.79 Å². The van der Waals surface area contributed by atoms with E-state index in [4.69, 9.17) is 5.26 Å². The molecule has 0 saturated carbocycles. The van der Waals surface area contributed by atoms with Crippen LogP contribution in [0.4, 0.5) is 0 Å². The fourth-order valence-electron chi connectivity index (χ4n) is 1.51. The number of nitrogens with zero attached hydrogens (tertiary/aromatic N) is 1. The van der Waals surface area contributed by atoms with Crippen molar-refractivity contribution in [1.82, 2.24) is 0 Å². The molecule has 0 aromatic heterocycles. The number of nitriles is 1. The molecule has 1 aromatic rings. The fraction of sp³-hybridized carbons (Fsp3) is 0.385. The quantitative estimate of drug-likeness (QED) is 0.791. The van der Waals surface area contributed by atoms with E-state index in [-0.39, 0.29) is 11.7 Å². The van der Waals surface area contributed by atoms with Crippen molar-refractivity contribution in [2.75, 3.05) is 0 Å². The molecule has 0 amide bonds. The highest BCUT2D eigenvalue weighted by Crippen LogP contribution is 2.24. The van der Waals surface area contributed by atoms with Crippen LogP contribution < -0.4 is 0 Å². The van der Waals surface area contributed by atoms with Gasteiger partial charge in [0.25, 0.3) is 0 Å². The lowest BCUT2D eigenvalue weighted by Crippen LogP contribution is -2.19. The Kier molecular flexibility index (Phi) is 4.26. The molecule has 1 rings (SSSR count). The second-order valence-corrected chi connectivity index (χ2v) is 5.05. The molecule has 0 radical (unpaired) electrons. The summed E-state index contributed by atoms with van der Waals surface area (Å²) in [5, 5.41) is 9.00. The number of halogens is 1. The smallest absolute Gasteiger partial charge is 0.181 e. The molecule has 0 aliphatic heterocycles. The summed E-state index contributed by atoms with van der Waals surface area (Å²) < 4.78 is 0.754. The first-order chi connectivity index (χ1) is 7.47. The first-order valence-electron chi connectivity index (χ1n) is 5.17. The summed E-state index contributed by atoms with van der Waals surface area (Å²) >= 11 is 3.35. The zero-order valence-electron chi connectivity index (χ0n) is 9.62. The van der Waals surface area contributed by atoms with Crippen molar-refractivity contribution < 1.29 is 4.79 Å². The predicted molar refractivity (Wildman–Crippen MR) is 67.2 cm³/mol. The second-order valence-electron chi connectivity index (χ2n) is 4.20. The van der Waals surface area contributed by atoms with Gasteiger partial charge in [-0.25, -0.2) is 0 Å². The molecule has 0 aliphatic carbocycles. The number of rotatable bonds is 3. The highest BCUT2D eigenvalue weighted by Gasteiger charge is 2.24. The van der Waals surface area contributed by atoms with Crippen molar-refractivity contribution in [3.8, 4) is 6.07 Å². The average Bonchev–Trinajstić information content (AvgIpc) is 2.22. The molecule has 3 heteroatoms. The Labute approximate surface area is 104 Å². The van der Waals surface area contributed by atoms with E-state index in [2.05, 4.69) is 22.0 Å². The van der Waals surface area contributed by atoms with Gasteiger partial charge < -0.3 is 0 Å². The van der Waals surface area contributed by atoms with E-state index in [1.165, 1.54) is 0 Å². The normalized spacial score (nSPS) is 12.2. The summed E-state index contributed by atoms with van der Waals surface area (Å²) in [5.74, 6) is -0.643. The molecule has 16 heavy (non-hydrogen) atoms. The number of aryl methyl sites for hydroxylation is 1. The van der Waals surface area contributed by atoms with Crippen LogP contribution in [0.3, 0.4) is 0 Å². The minimum absolute atomic E-state index is 0.0323. The van der Waals surface area contributed by atoms with E-state index >= 15 is 0 Å². The van der Waals surface area contributed by atoms with E-state index in [0.717, 1.165) is 10.0 Å². The number of carbonyl (C=O) groups excluding carboxylic acids is 1. The van der Waals surface area contributed by atoms with E-state index in [1.807, 2.05) is 39.0 Å². The van der Waals surface area contributed by atoms with Gasteiger partial charge in [0.05, 0.1) is 6.07 Å². The van der Waals surface area contributed by atoms with Crippen molar-refractivity contribution in [2.45, 2.75) is 20.8 Å². The van der Waals surface area contributed by atoms with Gasteiger partial charge in [0.15, 0.2) is 5.78 Å². The molecule has 2 nitrogen and oxygen atoms in total. The maximum atomic E-state index is 12.1. The van der Waals surface area contributed by atoms with E-state index in [0.29, 0.717) is 5.56 Å². The van der Waals surface area contributed by atoms with Gasteiger partial charge in [-0.05, 0) is 25.0 Å². The van der Waals surface area contributed by atoms with Crippen LogP contribution in [0.25, 0.3) is 0 Å². The highest BCUT2D eigenvalue weighted by atomic mass is 79.9. The third kappa shape index (κ3) is 2.70. The van der Waals surface area contributed by atoms with Crippen LogP contribution >= 0.6 is 15.9 Å². The monoisotopic (exact) mass is 279 g/mol. The largest absolute Gasteiger partial charge is 0.293 e. The molecule has 0 heterocycles. The number of ketones is 1. The number of benzene rings is 1. The minimum Gasteiger partial charge on any atom is -0.293 e. The molecular weight excluding hydrogens is 266 g/mol. The maximum absolute atomic E-state index is 12.1. The first kappa shape index (κ1) is 12.9. The topological polar surface area (TPSA) is 40.9 Å². The summed E-state index contributed by atoms with van der Waals surface area (Å²) in [6.07, 6.45) is 0. The fourth-order valence-corrected chi connectivity index (χ4v) is 1.95. The van der Waals surface area contributed by atoms with Gasteiger partial charge >= 0.3 is 0 Å². The van der Waals surface area contributed by atoms with Crippen LogP contribution in [0.2, 0.25) is 0 Å². The molecular formula is C13H14BrNO. The lowest BCUT2D eigenvalue weighted by atomic mass is 9.89. The Balaban J connectivity index is 3.14. The predicted octanol–water partition coefficient (Wildman–Crippen LogP) is 3.74. The lowest BCUT2D eigenvalue weighted by molar-refractivity contribution is 0.0923. The summed E-state index contributed by atoms with van der Waals surface area (Å²) in [7, 11) is 0. The van der Waals surface area contributed by atoms with Crippen LogP contribution in [0.15, 0.2) is 22.7 Å². The standard InChI is InChI=1S/C13H14BrNO/c1-8(2)11(7-15)13(16)10-6-9(3)4-5-12(10)14/h4-6,8,11H,1-3H3. The van der Waals surface area contributed by atoms with Crippen LogP contribution in [-0.4, -0.2) is 5.78 Å². The van der Waals surface area contributed by atoms with Gasteiger partial charge in [-0.15, -0.1) is 0 Å². The number of carbonyl (C=O) groups is 1.